The van der Waals surface area contributed by atoms with Crippen LogP contribution in [-0.2, 0) is 19.4 Å². The van der Waals surface area contributed by atoms with Gasteiger partial charge in [0.25, 0.3) is 5.91 Å². The highest BCUT2D eigenvalue weighted by atomic mass is 16.2. The maximum absolute atomic E-state index is 12.5. The second-order valence-corrected chi connectivity index (χ2v) is 6.09. The topological polar surface area (TPSA) is 90.5 Å². The fourth-order valence-corrected chi connectivity index (χ4v) is 3.10. The van der Waals surface area contributed by atoms with E-state index >= 15 is 0 Å². The number of nitrogens with zero attached hydrogens (tertiary/aromatic N) is 6. The Morgan fingerprint density at radius 2 is 2.08 bits per heavy atom. The second-order valence-electron chi connectivity index (χ2n) is 6.09. The van der Waals surface area contributed by atoms with Crippen molar-refractivity contribution in [3.05, 3.63) is 53.9 Å². The Labute approximate surface area is 144 Å². The van der Waals surface area contributed by atoms with Crippen molar-refractivity contribution >= 4 is 5.91 Å². The van der Waals surface area contributed by atoms with Gasteiger partial charge in [0.2, 0.25) is 0 Å². The second kappa shape index (κ2) is 6.46. The summed E-state index contributed by atoms with van der Waals surface area (Å²) in [6, 6.07) is 9.64. The molecule has 0 spiro atoms. The number of hydrogen-bond acceptors (Lipinski definition) is 5. The number of nitrogens with one attached hydrogen (secondary N) is 1. The van der Waals surface area contributed by atoms with E-state index in [0.717, 1.165) is 36.6 Å². The molecule has 128 valence electrons. The van der Waals surface area contributed by atoms with Gasteiger partial charge in [0.1, 0.15) is 11.6 Å². The standard InChI is InChI=1S/C17H19N7O/c1-2-15-20-21-16-9-8-12(10-23(15)16)18-17(25)14-11-24(22-19-14)13-6-4-3-5-7-13/h3-7,11-12H,2,8-10H2,1H3,(H,18,25)/t12-/m0/s1. The van der Waals surface area contributed by atoms with E-state index in [2.05, 4.69) is 37.3 Å². The molecule has 1 atom stereocenters. The fourth-order valence-electron chi connectivity index (χ4n) is 3.10. The molecule has 1 amide bonds. The maximum Gasteiger partial charge on any atom is 0.273 e. The summed E-state index contributed by atoms with van der Waals surface area (Å²) in [7, 11) is 0. The van der Waals surface area contributed by atoms with Gasteiger partial charge in [-0.25, -0.2) is 4.68 Å². The minimum atomic E-state index is -0.207. The highest BCUT2D eigenvalue weighted by Crippen LogP contribution is 2.16. The molecule has 8 heteroatoms. The number of hydrogen-bond donors (Lipinski definition) is 1. The Morgan fingerprint density at radius 1 is 1.24 bits per heavy atom. The molecule has 3 aromatic rings. The van der Waals surface area contributed by atoms with Gasteiger partial charge in [0, 0.05) is 25.4 Å². The molecule has 0 unspecified atom stereocenters. The fraction of sp³-hybridized carbons (Fsp3) is 0.353. The van der Waals surface area contributed by atoms with E-state index in [1.54, 1.807) is 10.9 Å². The van der Waals surface area contributed by atoms with Gasteiger partial charge in [-0.05, 0) is 18.6 Å². The molecule has 0 saturated carbocycles. The van der Waals surface area contributed by atoms with Crippen molar-refractivity contribution < 1.29 is 4.79 Å². The Morgan fingerprint density at radius 3 is 2.88 bits per heavy atom. The van der Waals surface area contributed by atoms with Gasteiger partial charge >= 0.3 is 0 Å². The summed E-state index contributed by atoms with van der Waals surface area (Å²) >= 11 is 0. The molecule has 4 rings (SSSR count). The predicted molar refractivity (Wildman–Crippen MR) is 90.3 cm³/mol. The third kappa shape index (κ3) is 3.02. The van der Waals surface area contributed by atoms with E-state index < -0.39 is 0 Å². The molecule has 2 aromatic heterocycles. The van der Waals surface area contributed by atoms with Gasteiger partial charge in [0.05, 0.1) is 11.9 Å². The predicted octanol–water partition coefficient (Wildman–Crippen LogP) is 1.17. The molecule has 0 aliphatic carbocycles. The Bertz CT molecular complexity index is 870. The zero-order valence-corrected chi connectivity index (χ0v) is 14.0. The van der Waals surface area contributed by atoms with Crippen molar-refractivity contribution in [2.45, 2.75) is 38.8 Å². The molecule has 1 aromatic carbocycles. The van der Waals surface area contributed by atoms with Gasteiger partial charge in [-0.1, -0.05) is 30.3 Å². The van der Waals surface area contributed by atoms with Gasteiger partial charge in [0.15, 0.2) is 5.69 Å². The number of fused-ring (bicyclic) bond motifs is 1. The molecule has 0 fully saturated rings. The first kappa shape index (κ1) is 15.5. The van der Waals surface area contributed by atoms with E-state index in [0.29, 0.717) is 12.2 Å². The molecular weight excluding hydrogens is 318 g/mol. The summed E-state index contributed by atoms with van der Waals surface area (Å²) in [4.78, 5) is 12.5. The Balaban J connectivity index is 1.45. The minimum absolute atomic E-state index is 0.0446. The van der Waals surface area contributed by atoms with Gasteiger partial charge in [-0.2, -0.15) is 0 Å². The third-order valence-electron chi connectivity index (χ3n) is 4.42. The monoisotopic (exact) mass is 337 g/mol. The average molecular weight is 337 g/mol. The highest BCUT2D eigenvalue weighted by Gasteiger charge is 2.24. The van der Waals surface area contributed by atoms with Crippen LogP contribution in [0, 0.1) is 0 Å². The summed E-state index contributed by atoms with van der Waals surface area (Å²) in [6.07, 6.45) is 4.14. The van der Waals surface area contributed by atoms with Crippen molar-refractivity contribution in [1.29, 1.82) is 0 Å². The van der Waals surface area contributed by atoms with Crippen molar-refractivity contribution in [3.63, 3.8) is 0 Å². The van der Waals surface area contributed by atoms with Gasteiger partial charge in [-0.3, -0.25) is 4.79 Å². The summed E-state index contributed by atoms with van der Waals surface area (Å²) in [5, 5.41) is 19.5. The lowest BCUT2D eigenvalue weighted by molar-refractivity contribution is 0.0922. The number of benzene rings is 1. The van der Waals surface area contributed by atoms with Crippen molar-refractivity contribution in [2.24, 2.45) is 0 Å². The summed E-state index contributed by atoms with van der Waals surface area (Å²) in [5.74, 6) is 1.75. The summed E-state index contributed by atoms with van der Waals surface area (Å²) in [6.45, 7) is 2.76. The van der Waals surface area contributed by atoms with Crippen LogP contribution in [0.25, 0.3) is 5.69 Å². The molecule has 1 aliphatic rings. The molecule has 0 saturated heterocycles. The van der Waals surface area contributed by atoms with Crippen LogP contribution < -0.4 is 5.32 Å². The van der Waals surface area contributed by atoms with Crippen LogP contribution in [0.4, 0.5) is 0 Å². The van der Waals surface area contributed by atoms with E-state index in [1.165, 1.54) is 0 Å². The zero-order valence-electron chi connectivity index (χ0n) is 14.0. The van der Waals surface area contributed by atoms with Crippen molar-refractivity contribution in [3.8, 4) is 5.69 Å². The van der Waals surface area contributed by atoms with Crippen LogP contribution >= 0.6 is 0 Å². The lowest BCUT2D eigenvalue weighted by Crippen LogP contribution is -2.41. The maximum atomic E-state index is 12.5. The quantitative estimate of drug-likeness (QED) is 0.772. The summed E-state index contributed by atoms with van der Waals surface area (Å²) < 4.78 is 3.71. The van der Waals surface area contributed by atoms with Crippen LogP contribution in [0.3, 0.4) is 0 Å². The number of rotatable bonds is 4. The average Bonchev–Trinajstić information content (AvgIpc) is 3.29. The highest BCUT2D eigenvalue weighted by molar-refractivity contribution is 5.92. The number of para-hydroxylation sites is 1. The first-order valence-corrected chi connectivity index (χ1v) is 8.44. The van der Waals surface area contributed by atoms with Gasteiger partial charge in [-0.15, -0.1) is 15.3 Å². The first-order chi connectivity index (χ1) is 12.2. The van der Waals surface area contributed by atoms with E-state index in [9.17, 15) is 4.79 Å². The molecule has 8 nitrogen and oxygen atoms in total. The smallest absolute Gasteiger partial charge is 0.273 e. The zero-order chi connectivity index (χ0) is 17.2. The van der Waals surface area contributed by atoms with Crippen LogP contribution in [-0.4, -0.2) is 41.7 Å². The lowest BCUT2D eigenvalue weighted by Gasteiger charge is -2.24. The molecule has 0 bridgehead atoms. The van der Waals surface area contributed by atoms with Crippen LogP contribution in [0.2, 0.25) is 0 Å². The first-order valence-electron chi connectivity index (χ1n) is 8.44. The molecule has 3 heterocycles. The number of amides is 1. The molecule has 25 heavy (non-hydrogen) atoms. The molecule has 1 N–H and O–H groups in total. The van der Waals surface area contributed by atoms with Crippen LogP contribution in [0.5, 0.6) is 0 Å². The minimum Gasteiger partial charge on any atom is -0.346 e. The van der Waals surface area contributed by atoms with E-state index in [4.69, 9.17) is 0 Å². The largest absolute Gasteiger partial charge is 0.346 e. The van der Waals surface area contributed by atoms with Crippen molar-refractivity contribution in [2.75, 3.05) is 0 Å². The molecular formula is C17H19N7O. The Kier molecular flexibility index (Phi) is 4.01. The third-order valence-corrected chi connectivity index (χ3v) is 4.42. The number of aryl methyl sites for hydroxylation is 2. The molecule has 1 aliphatic heterocycles. The number of carbonyl (C=O) groups is 1. The van der Waals surface area contributed by atoms with Crippen molar-refractivity contribution in [1.82, 2.24) is 35.1 Å². The van der Waals surface area contributed by atoms with Crippen LogP contribution in [0.15, 0.2) is 36.5 Å². The number of aromatic nitrogens is 6. The van der Waals surface area contributed by atoms with E-state index in [-0.39, 0.29) is 11.9 Å². The normalized spacial score (nSPS) is 16.4. The van der Waals surface area contributed by atoms with Gasteiger partial charge < -0.3 is 9.88 Å². The Hall–Kier alpha value is -3.03. The van der Waals surface area contributed by atoms with E-state index in [1.807, 2.05) is 30.3 Å². The SMILES string of the molecule is CCc1nnc2n1C[C@@H](NC(=O)c1cn(-c3ccccc3)nn1)CC2. The lowest BCUT2D eigenvalue weighted by atomic mass is 10.1. The summed E-state index contributed by atoms with van der Waals surface area (Å²) in [5.41, 5.74) is 1.18. The molecule has 0 radical (unpaired) electrons. The van der Waals surface area contributed by atoms with Crippen LogP contribution in [0.1, 0.15) is 35.5 Å². The number of carbonyl (C=O) groups excluding carboxylic acids is 1.